The number of aromatic nitrogens is 1. The predicted molar refractivity (Wildman–Crippen MR) is 247 cm³/mol. The second kappa shape index (κ2) is 23.2. The van der Waals surface area contributed by atoms with E-state index in [4.69, 9.17) is 5.73 Å². The summed E-state index contributed by atoms with van der Waals surface area (Å²) < 4.78 is 0. The molecule has 9 N–H and O–H groups in total. The Balaban J connectivity index is 1.33. The molecule has 66 heavy (non-hydrogen) atoms. The van der Waals surface area contributed by atoms with Crippen LogP contribution < -0.4 is 32.3 Å². The fourth-order valence-corrected chi connectivity index (χ4v) is 8.49. The molecule has 5 rings (SSSR count). The normalized spacial score (nSPS) is 16.3. The number of carbonyl (C=O) groups is 8. The molecule has 7 amide bonds. The molecule has 2 heterocycles. The van der Waals surface area contributed by atoms with E-state index in [9.17, 15) is 43.5 Å². The largest absolute Gasteiger partial charge is 0.480 e. The van der Waals surface area contributed by atoms with Gasteiger partial charge < -0.3 is 47.3 Å². The van der Waals surface area contributed by atoms with Gasteiger partial charge in [0.25, 0.3) is 0 Å². The van der Waals surface area contributed by atoms with E-state index in [1.54, 1.807) is 13.1 Å². The second-order valence-corrected chi connectivity index (χ2v) is 17.4. The van der Waals surface area contributed by atoms with Crippen molar-refractivity contribution < 1.29 is 43.5 Å². The number of aliphatic carboxylic acids is 1. The number of carboxylic acid groups (broad SMARTS) is 1. The van der Waals surface area contributed by atoms with Gasteiger partial charge >= 0.3 is 5.97 Å². The van der Waals surface area contributed by atoms with Gasteiger partial charge in [-0.2, -0.15) is 0 Å². The molecule has 1 aliphatic heterocycles. The third-order valence-corrected chi connectivity index (χ3v) is 12.0. The molecule has 17 nitrogen and oxygen atoms in total. The average Bonchev–Trinajstić information content (AvgIpc) is 3.95. The zero-order valence-corrected chi connectivity index (χ0v) is 38.0. The van der Waals surface area contributed by atoms with E-state index in [0.29, 0.717) is 18.4 Å². The van der Waals surface area contributed by atoms with Gasteiger partial charge in [0, 0.05) is 42.9 Å². The van der Waals surface area contributed by atoms with E-state index in [1.165, 1.54) is 11.8 Å². The zero-order valence-electron chi connectivity index (χ0n) is 38.0. The van der Waals surface area contributed by atoms with Crippen molar-refractivity contribution in [3.8, 4) is 0 Å². The number of benzene rings is 3. The Kier molecular flexibility index (Phi) is 17.6. The third kappa shape index (κ3) is 13.0. The van der Waals surface area contributed by atoms with Gasteiger partial charge in [-0.3, -0.25) is 33.6 Å². The Morgan fingerprint density at radius 2 is 1.32 bits per heavy atom. The molecule has 1 aliphatic rings. The highest BCUT2D eigenvalue weighted by Gasteiger charge is 2.42. The lowest BCUT2D eigenvalue weighted by Gasteiger charge is -2.32. The first-order valence-electron chi connectivity index (χ1n) is 22.4. The Morgan fingerprint density at radius 3 is 1.89 bits per heavy atom. The summed E-state index contributed by atoms with van der Waals surface area (Å²) in [7, 11) is 0. The highest BCUT2D eigenvalue weighted by molar-refractivity contribution is 5.99. The molecular weight excluding hydrogens is 845 g/mol. The lowest BCUT2D eigenvalue weighted by molar-refractivity contribution is -0.144. The van der Waals surface area contributed by atoms with E-state index in [2.05, 4.69) is 31.6 Å². The number of hydrogen-bond donors (Lipinski definition) is 8. The van der Waals surface area contributed by atoms with Gasteiger partial charge in [0.05, 0.1) is 6.42 Å². The number of aromatic amines is 1. The lowest BCUT2D eigenvalue weighted by Crippen LogP contribution is -2.60. The fraction of sp³-hybridized carbons (Fsp3) is 0.429. The topological polar surface area (TPSA) is 262 Å². The number of nitrogens with two attached hydrogens (primary N) is 1. The average molecular weight is 907 g/mol. The number of carboxylic acids is 1. The van der Waals surface area contributed by atoms with Crippen LogP contribution in [0.1, 0.15) is 89.3 Å². The molecular formula is C49H62N8O9. The number of para-hydroxylation sites is 1. The van der Waals surface area contributed by atoms with E-state index >= 15 is 0 Å². The minimum absolute atomic E-state index is 0.0242. The van der Waals surface area contributed by atoms with Crippen molar-refractivity contribution in [2.45, 2.75) is 115 Å². The van der Waals surface area contributed by atoms with Crippen LogP contribution >= 0.6 is 0 Å². The summed E-state index contributed by atoms with van der Waals surface area (Å²) in [6.45, 7) is 8.61. The monoisotopic (exact) mass is 906 g/mol. The second-order valence-electron chi connectivity index (χ2n) is 17.4. The van der Waals surface area contributed by atoms with Crippen molar-refractivity contribution in [2.24, 2.45) is 17.6 Å². The van der Waals surface area contributed by atoms with Crippen molar-refractivity contribution in [1.29, 1.82) is 0 Å². The van der Waals surface area contributed by atoms with Crippen molar-refractivity contribution in [3.05, 3.63) is 108 Å². The maximum atomic E-state index is 14.3. The van der Waals surface area contributed by atoms with Gasteiger partial charge in [-0.05, 0) is 53.9 Å². The van der Waals surface area contributed by atoms with Gasteiger partial charge in [-0.1, -0.05) is 113 Å². The molecule has 0 bridgehead atoms. The van der Waals surface area contributed by atoms with E-state index in [1.807, 2.05) is 106 Å². The highest BCUT2D eigenvalue weighted by Crippen LogP contribution is 2.29. The minimum Gasteiger partial charge on any atom is -0.480 e. The standard InChI is InChI=1S/C49H62N8O9/c1-6-29(4)42(46(62)55-38(49(65)66)25-33-27-51-35-21-14-13-20-34(33)35)56-45(61)39-22-15-23-57(39)48(64)37(26-40(50)59)54-44(60)36(24-28(2)3)53-47(63)43(52-30(5)58)41(31-16-9-7-10-17-31)32-18-11-8-12-19-32/h7-14,16-21,27-29,36-39,41-43,51H,6,15,22-26H2,1-5H3,(H2,50,59)(H,52,58)(H,53,63)(H,54,60)(H,55,62)(H,56,61)(H,65,66)/t29-,36-,37-,38-,39-,42-,43-/m0/s1. The van der Waals surface area contributed by atoms with Gasteiger partial charge in [0.15, 0.2) is 0 Å². The first-order chi connectivity index (χ1) is 31.5. The molecule has 4 aromatic rings. The molecule has 0 radical (unpaired) electrons. The highest BCUT2D eigenvalue weighted by atomic mass is 16.4. The van der Waals surface area contributed by atoms with Crippen LogP contribution in [-0.4, -0.2) is 105 Å². The van der Waals surface area contributed by atoms with Gasteiger partial charge in [0.1, 0.15) is 36.3 Å². The lowest BCUT2D eigenvalue weighted by atomic mass is 9.84. The van der Waals surface area contributed by atoms with Crippen molar-refractivity contribution in [3.63, 3.8) is 0 Å². The molecule has 3 aromatic carbocycles. The number of nitrogens with one attached hydrogen (secondary N) is 6. The summed E-state index contributed by atoms with van der Waals surface area (Å²) in [5.74, 6) is -7.50. The first kappa shape index (κ1) is 50.0. The van der Waals surface area contributed by atoms with Crippen molar-refractivity contribution in [1.82, 2.24) is 36.5 Å². The molecule has 0 aliphatic carbocycles. The van der Waals surface area contributed by atoms with Crippen LogP contribution in [0.3, 0.4) is 0 Å². The van der Waals surface area contributed by atoms with Crippen LogP contribution in [0.2, 0.25) is 0 Å². The molecule has 0 saturated carbocycles. The van der Waals surface area contributed by atoms with E-state index < -0.39 is 102 Å². The maximum Gasteiger partial charge on any atom is 0.326 e. The number of H-pyrrole nitrogens is 1. The van der Waals surface area contributed by atoms with Crippen LogP contribution in [0, 0.1) is 11.8 Å². The quantitative estimate of drug-likeness (QED) is 0.0576. The predicted octanol–water partition coefficient (Wildman–Crippen LogP) is 3.03. The SMILES string of the molecule is CC[C@H](C)[C@H](NC(=O)[C@@H]1CCCN1C(=O)[C@H](CC(N)=O)NC(=O)[C@H](CC(C)C)NC(=O)[C@@H](NC(C)=O)C(c1ccccc1)c1ccccc1)C(=O)N[C@@H](Cc1c[nH]c2ccccc12)C(=O)O. The molecule has 7 atom stereocenters. The van der Waals surface area contributed by atoms with Crippen LogP contribution in [0.4, 0.5) is 0 Å². The number of rotatable bonds is 22. The number of primary amides is 1. The Labute approximate surface area is 384 Å². The first-order valence-corrected chi connectivity index (χ1v) is 22.4. The molecule has 352 valence electrons. The Morgan fingerprint density at radius 1 is 0.742 bits per heavy atom. The number of likely N-dealkylation sites (tertiary alicyclic amines) is 1. The van der Waals surface area contributed by atoms with Crippen molar-refractivity contribution in [2.75, 3.05) is 6.54 Å². The molecule has 1 saturated heterocycles. The zero-order chi connectivity index (χ0) is 48.1. The summed E-state index contributed by atoms with van der Waals surface area (Å²) in [5.41, 5.74) is 8.58. The van der Waals surface area contributed by atoms with Gasteiger partial charge in [0.2, 0.25) is 41.4 Å². The molecule has 1 fully saturated rings. The van der Waals surface area contributed by atoms with E-state index in [0.717, 1.165) is 22.0 Å². The number of fused-ring (bicyclic) bond motifs is 1. The van der Waals surface area contributed by atoms with Gasteiger partial charge in [-0.25, -0.2) is 4.79 Å². The van der Waals surface area contributed by atoms with Gasteiger partial charge in [-0.15, -0.1) is 0 Å². The summed E-state index contributed by atoms with van der Waals surface area (Å²) in [6.07, 6.45) is 2.18. The van der Waals surface area contributed by atoms with Crippen LogP contribution in [0.15, 0.2) is 91.1 Å². The molecule has 1 aromatic heterocycles. The summed E-state index contributed by atoms with van der Waals surface area (Å²) >= 11 is 0. The van der Waals surface area contributed by atoms with Crippen LogP contribution in [0.25, 0.3) is 10.9 Å². The van der Waals surface area contributed by atoms with Crippen LogP contribution in [-0.2, 0) is 44.8 Å². The third-order valence-electron chi connectivity index (χ3n) is 12.0. The number of nitrogens with zero attached hydrogens (tertiary/aromatic N) is 1. The van der Waals surface area contributed by atoms with Crippen LogP contribution in [0.5, 0.6) is 0 Å². The fourth-order valence-electron chi connectivity index (χ4n) is 8.49. The number of hydrogen-bond acceptors (Lipinski definition) is 8. The Hall–Kier alpha value is -7.04. The summed E-state index contributed by atoms with van der Waals surface area (Å²) in [5, 5.41) is 24.5. The molecule has 17 heteroatoms. The summed E-state index contributed by atoms with van der Waals surface area (Å²) in [6, 6.07) is 18.1. The number of amides is 7. The molecule has 0 spiro atoms. The summed E-state index contributed by atoms with van der Waals surface area (Å²) in [4.78, 5) is 113. The Bertz CT molecular complexity index is 2310. The van der Waals surface area contributed by atoms with E-state index in [-0.39, 0.29) is 31.7 Å². The molecule has 0 unspecified atom stereocenters. The van der Waals surface area contributed by atoms with Crippen molar-refractivity contribution >= 4 is 58.2 Å². The maximum absolute atomic E-state index is 14.3. The number of carbonyl (C=O) groups excluding carboxylic acids is 7. The smallest absolute Gasteiger partial charge is 0.326 e. The minimum atomic E-state index is -1.53.